The minimum Gasteiger partial charge on any atom is -0.497 e. The van der Waals surface area contributed by atoms with Gasteiger partial charge in [-0.05, 0) is 19.1 Å². The number of ether oxygens (including phenoxy) is 2. The molecule has 4 nitrogen and oxygen atoms in total. The first-order chi connectivity index (χ1) is 9.04. The molecule has 1 aromatic carbocycles. The largest absolute Gasteiger partial charge is 0.497 e. The lowest BCUT2D eigenvalue weighted by molar-refractivity contribution is 0.0923. The van der Waals surface area contributed by atoms with Gasteiger partial charge in [0.05, 0.1) is 25.9 Å². The second-order valence-corrected chi connectivity index (χ2v) is 4.11. The lowest BCUT2D eigenvalue weighted by atomic mass is 10.2. The molecule has 0 radical (unpaired) electrons. The number of carbonyl (C=O) groups is 1. The van der Waals surface area contributed by atoms with E-state index in [9.17, 15) is 9.18 Å². The van der Waals surface area contributed by atoms with Crippen molar-refractivity contribution in [3.05, 3.63) is 41.7 Å². The molecule has 0 fully saturated rings. The van der Waals surface area contributed by atoms with Gasteiger partial charge in [0, 0.05) is 12.6 Å². The number of hydrogen-bond acceptors (Lipinski definition) is 3. The Hall–Kier alpha value is -1.88. The molecule has 1 N–H and O–H groups in total. The van der Waals surface area contributed by atoms with Gasteiger partial charge in [0.2, 0.25) is 0 Å². The van der Waals surface area contributed by atoms with Crippen LogP contribution in [0.4, 0.5) is 4.39 Å². The average Bonchev–Trinajstić information content (AvgIpc) is 2.37. The van der Waals surface area contributed by atoms with Gasteiger partial charge >= 0.3 is 0 Å². The van der Waals surface area contributed by atoms with E-state index >= 15 is 0 Å². The van der Waals surface area contributed by atoms with Crippen molar-refractivity contribution in [1.29, 1.82) is 0 Å². The second kappa shape index (κ2) is 7.53. The summed E-state index contributed by atoms with van der Waals surface area (Å²) in [6.07, 6.45) is 0. The van der Waals surface area contributed by atoms with Gasteiger partial charge in [-0.3, -0.25) is 4.79 Å². The van der Waals surface area contributed by atoms with Gasteiger partial charge in [-0.2, -0.15) is 0 Å². The normalized spacial score (nSPS) is 10.1. The quantitative estimate of drug-likeness (QED) is 0.608. The van der Waals surface area contributed by atoms with E-state index in [1.807, 2.05) is 6.92 Å². The van der Waals surface area contributed by atoms with Gasteiger partial charge < -0.3 is 14.8 Å². The second-order valence-electron chi connectivity index (χ2n) is 4.11. The number of halogens is 1. The van der Waals surface area contributed by atoms with Crippen molar-refractivity contribution in [2.24, 2.45) is 0 Å². The maximum Gasteiger partial charge on any atom is 0.254 e. The van der Waals surface area contributed by atoms with Crippen molar-refractivity contribution in [3.63, 3.8) is 0 Å². The molecule has 0 aliphatic carbocycles. The van der Waals surface area contributed by atoms with E-state index in [0.717, 1.165) is 5.57 Å². The van der Waals surface area contributed by atoms with E-state index < -0.39 is 11.7 Å². The molecule has 104 valence electrons. The maximum absolute atomic E-state index is 13.6. The molecule has 5 heteroatoms. The SMILES string of the molecule is C=C(C)COCCNC(=O)c1ccc(OC)cc1F. The zero-order valence-corrected chi connectivity index (χ0v) is 11.2. The summed E-state index contributed by atoms with van der Waals surface area (Å²) in [5.74, 6) is -0.711. The van der Waals surface area contributed by atoms with Gasteiger partial charge in [0.15, 0.2) is 0 Å². The van der Waals surface area contributed by atoms with Crippen LogP contribution in [0.25, 0.3) is 0 Å². The smallest absolute Gasteiger partial charge is 0.254 e. The topological polar surface area (TPSA) is 47.6 Å². The Labute approximate surface area is 112 Å². The Morgan fingerprint density at radius 1 is 1.47 bits per heavy atom. The standard InChI is InChI=1S/C14H18FNO3/c1-10(2)9-19-7-6-16-14(17)12-5-4-11(18-3)8-13(12)15/h4-5,8H,1,6-7,9H2,2-3H3,(H,16,17). The van der Waals surface area contributed by atoms with Gasteiger partial charge in [-0.25, -0.2) is 4.39 Å². The Morgan fingerprint density at radius 2 is 2.21 bits per heavy atom. The molecule has 1 aromatic rings. The van der Waals surface area contributed by atoms with E-state index in [-0.39, 0.29) is 5.56 Å². The monoisotopic (exact) mass is 267 g/mol. The predicted octanol–water partition coefficient (Wildman–Crippen LogP) is 2.16. The van der Waals surface area contributed by atoms with Gasteiger partial charge in [0.1, 0.15) is 11.6 Å². The molecule has 1 rings (SSSR count). The molecule has 0 aliphatic heterocycles. The Morgan fingerprint density at radius 3 is 2.79 bits per heavy atom. The van der Waals surface area contributed by atoms with E-state index in [1.165, 1.54) is 25.3 Å². The molecule has 0 aliphatic rings. The molecule has 0 saturated carbocycles. The van der Waals surface area contributed by atoms with E-state index in [1.54, 1.807) is 0 Å². The fraction of sp³-hybridized carbons (Fsp3) is 0.357. The number of nitrogens with one attached hydrogen (secondary N) is 1. The molecular weight excluding hydrogens is 249 g/mol. The fourth-order valence-corrected chi connectivity index (χ4v) is 1.39. The van der Waals surface area contributed by atoms with Crippen LogP contribution >= 0.6 is 0 Å². The summed E-state index contributed by atoms with van der Waals surface area (Å²) in [6, 6.07) is 4.10. The molecular formula is C14H18FNO3. The summed E-state index contributed by atoms with van der Waals surface area (Å²) in [5, 5.41) is 2.58. The number of methoxy groups -OCH3 is 1. The molecule has 1 amide bonds. The Balaban J connectivity index is 2.43. The molecule has 0 atom stereocenters. The fourth-order valence-electron chi connectivity index (χ4n) is 1.39. The summed E-state index contributed by atoms with van der Waals surface area (Å²) in [5.41, 5.74) is 0.897. The highest BCUT2D eigenvalue weighted by Gasteiger charge is 2.11. The van der Waals surface area contributed by atoms with Crippen molar-refractivity contribution >= 4 is 5.91 Å². The summed E-state index contributed by atoms with van der Waals surface area (Å²) in [7, 11) is 1.44. The van der Waals surface area contributed by atoms with E-state index in [0.29, 0.717) is 25.5 Å². The molecule has 0 saturated heterocycles. The van der Waals surface area contributed by atoms with Crippen LogP contribution in [0.15, 0.2) is 30.4 Å². The van der Waals surface area contributed by atoms with Crippen LogP contribution in [0.5, 0.6) is 5.75 Å². The van der Waals surface area contributed by atoms with Crippen molar-refractivity contribution in [2.45, 2.75) is 6.92 Å². The number of carbonyl (C=O) groups excluding carboxylic acids is 1. The minimum absolute atomic E-state index is 0.0132. The highest BCUT2D eigenvalue weighted by Crippen LogP contribution is 2.15. The van der Waals surface area contributed by atoms with Crippen LogP contribution in [0, 0.1) is 5.82 Å². The molecule has 19 heavy (non-hydrogen) atoms. The van der Waals surface area contributed by atoms with Crippen molar-refractivity contribution in [1.82, 2.24) is 5.32 Å². The van der Waals surface area contributed by atoms with Gasteiger partial charge in [0.25, 0.3) is 5.91 Å². The number of rotatable bonds is 7. The number of hydrogen-bond donors (Lipinski definition) is 1. The molecule has 0 bridgehead atoms. The van der Waals surface area contributed by atoms with Crippen molar-refractivity contribution in [3.8, 4) is 5.75 Å². The third kappa shape index (κ3) is 5.09. The minimum atomic E-state index is -0.611. The Bertz CT molecular complexity index is 460. The molecule has 0 spiro atoms. The average molecular weight is 267 g/mol. The van der Waals surface area contributed by atoms with Crippen LogP contribution in [-0.2, 0) is 4.74 Å². The highest BCUT2D eigenvalue weighted by atomic mass is 19.1. The summed E-state index contributed by atoms with van der Waals surface area (Å²) in [4.78, 5) is 11.7. The Kier molecular flexibility index (Phi) is 6.02. The highest BCUT2D eigenvalue weighted by molar-refractivity contribution is 5.94. The zero-order chi connectivity index (χ0) is 14.3. The third-order valence-corrected chi connectivity index (χ3v) is 2.30. The lowest BCUT2D eigenvalue weighted by Crippen LogP contribution is -2.28. The maximum atomic E-state index is 13.6. The van der Waals surface area contributed by atoms with Crippen molar-refractivity contribution < 1.29 is 18.7 Å². The third-order valence-electron chi connectivity index (χ3n) is 2.30. The molecule has 0 aromatic heterocycles. The number of amides is 1. The summed E-state index contributed by atoms with van der Waals surface area (Å²) >= 11 is 0. The first-order valence-corrected chi connectivity index (χ1v) is 5.88. The van der Waals surface area contributed by atoms with E-state index in [4.69, 9.17) is 9.47 Å². The summed E-state index contributed by atoms with van der Waals surface area (Å²) in [6.45, 7) is 6.67. The molecule has 0 heterocycles. The first kappa shape index (κ1) is 15.2. The van der Waals surface area contributed by atoms with Crippen LogP contribution in [0.2, 0.25) is 0 Å². The first-order valence-electron chi connectivity index (χ1n) is 5.88. The van der Waals surface area contributed by atoms with Crippen molar-refractivity contribution in [2.75, 3.05) is 26.9 Å². The van der Waals surface area contributed by atoms with Crippen LogP contribution in [-0.4, -0.2) is 32.8 Å². The lowest BCUT2D eigenvalue weighted by Gasteiger charge is -2.08. The number of benzene rings is 1. The summed E-state index contributed by atoms with van der Waals surface area (Å²) < 4.78 is 23.7. The van der Waals surface area contributed by atoms with Crippen LogP contribution in [0.1, 0.15) is 17.3 Å². The zero-order valence-electron chi connectivity index (χ0n) is 11.2. The molecule has 0 unspecified atom stereocenters. The van der Waals surface area contributed by atoms with E-state index in [2.05, 4.69) is 11.9 Å². The predicted molar refractivity (Wildman–Crippen MR) is 70.9 cm³/mol. The van der Waals surface area contributed by atoms with Crippen LogP contribution in [0.3, 0.4) is 0 Å². The van der Waals surface area contributed by atoms with Gasteiger partial charge in [-0.15, -0.1) is 0 Å². The van der Waals surface area contributed by atoms with Gasteiger partial charge in [-0.1, -0.05) is 12.2 Å². The van der Waals surface area contributed by atoms with Crippen LogP contribution < -0.4 is 10.1 Å².